The molecule has 0 atom stereocenters. The first-order chi connectivity index (χ1) is 10.9. The van der Waals surface area contributed by atoms with Gasteiger partial charge in [0.05, 0.1) is 5.56 Å². The molecule has 0 unspecified atom stereocenters. The van der Waals surface area contributed by atoms with Crippen LogP contribution in [-0.4, -0.2) is 33.6 Å². The first-order valence-electron chi connectivity index (χ1n) is 6.98. The summed E-state index contributed by atoms with van der Waals surface area (Å²) < 4.78 is 39.2. The predicted octanol–water partition coefficient (Wildman–Crippen LogP) is 3.07. The SMILES string of the molecule is O=C(/N=c1\sccn1-c1ccc(C(F)(F)F)cn1)N1CCCC1. The van der Waals surface area contributed by atoms with E-state index >= 15 is 0 Å². The maximum Gasteiger partial charge on any atom is 0.417 e. The van der Waals surface area contributed by atoms with Crippen LogP contribution in [0.2, 0.25) is 0 Å². The van der Waals surface area contributed by atoms with Crippen LogP contribution in [0.25, 0.3) is 5.82 Å². The van der Waals surface area contributed by atoms with Crippen LogP contribution in [0.15, 0.2) is 34.9 Å². The van der Waals surface area contributed by atoms with E-state index in [1.54, 1.807) is 16.5 Å². The first-order valence-corrected chi connectivity index (χ1v) is 7.86. The number of carbonyl (C=O) groups excluding carboxylic acids is 1. The van der Waals surface area contributed by atoms with E-state index in [-0.39, 0.29) is 11.8 Å². The molecule has 2 amide bonds. The quantitative estimate of drug-likeness (QED) is 0.800. The maximum atomic E-state index is 12.6. The zero-order chi connectivity index (χ0) is 16.4. The van der Waals surface area contributed by atoms with Crippen LogP contribution in [0.1, 0.15) is 18.4 Å². The molecule has 3 rings (SSSR count). The number of thiazole rings is 1. The van der Waals surface area contributed by atoms with E-state index in [4.69, 9.17) is 0 Å². The van der Waals surface area contributed by atoms with Crippen LogP contribution in [0, 0.1) is 0 Å². The molecule has 0 radical (unpaired) electrons. The van der Waals surface area contributed by atoms with E-state index in [9.17, 15) is 18.0 Å². The van der Waals surface area contributed by atoms with Gasteiger partial charge in [-0.25, -0.2) is 9.78 Å². The summed E-state index contributed by atoms with van der Waals surface area (Å²) >= 11 is 1.23. The molecule has 0 saturated carbocycles. The number of amides is 2. The van der Waals surface area contributed by atoms with Crippen LogP contribution < -0.4 is 4.80 Å². The van der Waals surface area contributed by atoms with E-state index in [2.05, 4.69) is 9.98 Å². The van der Waals surface area contributed by atoms with Crippen molar-refractivity contribution in [1.29, 1.82) is 0 Å². The second-order valence-electron chi connectivity index (χ2n) is 5.05. The molecule has 122 valence electrons. The molecule has 2 aromatic rings. The molecule has 0 N–H and O–H groups in total. The zero-order valence-electron chi connectivity index (χ0n) is 12.0. The summed E-state index contributed by atoms with van der Waals surface area (Å²) in [6.07, 6.45) is -0.107. The van der Waals surface area contributed by atoms with Crippen molar-refractivity contribution >= 4 is 17.4 Å². The lowest BCUT2D eigenvalue weighted by atomic mass is 10.3. The molecule has 0 aliphatic carbocycles. The highest BCUT2D eigenvalue weighted by atomic mass is 32.1. The van der Waals surface area contributed by atoms with Gasteiger partial charge >= 0.3 is 12.2 Å². The molecule has 3 heterocycles. The topological polar surface area (TPSA) is 50.5 Å². The van der Waals surface area contributed by atoms with Crippen molar-refractivity contribution in [3.05, 3.63) is 40.3 Å². The van der Waals surface area contributed by atoms with Crippen LogP contribution >= 0.6 is 11.3 Å². The van der Waals surface area contributed by atoms with E-state index < -0.39 is 11.7 Å². The average Bonchev–Trinajstić information content (AvgIpc) is 3.18. The lowest BCUT2D eigenvalue weighted by Gasteiger charge is -2.10. The van der Waals surface area contributed by atoms with Crippen molar-refractivity contribution in [2.45, 2.75) is 19.0 Å². The minimum atomic E-state index is -4.43. The molecule has 9 heteroatoms. The Morgan fingerprint density at radius 3 is 2.61 bits per heavy atom. The highest BCUT2D eigenvalue weighted by Crippen LogP contribution is 2.28. The van der Waals surface area contributed by atoms with Gasteiger partial charge in [-0.3, -0.25) is 4.57 Å². The minimum absolute atomic E-state index is 0.284. The van der Waals surface area contributed by atoms with Crippen LogP contribution in [0.5, 0.6) is 0 Å². The van der Waals surface area contributed by atoms with Crippen molar-refractivity contribution in [2.24, 2.45) is 4.99 Å². The first kappa shape index (κ1) is 15.7. The van der Waals surface area contributed by atoms with Gasteiger partial charge < -0.3 is 4.90 Å². The summed E-state index contributed by atoms with van der Waals surface area (Å²) in [5, 5.41) is 1.70. The smallest absolute Gasteiger partial charge is 0.323 e. The average molecular weight is 342 g/mol. The number of rotatable bonds is 1. The molecule has 2 aromatic heterocycles. The molecule has 1 fully saturated rings. The number of likely N-dealkylation sites (tertiary alicyclic amines) is 1. The maximum absolute atomic E-state index is 12.6. The number of hydrogen-bond donors (Lipinski definition) is 0. The van der Waals surface area contributed by atoms with Gasteiger partial charge in [-0.2, -0.15) is 18.2 Å². The summed E-state index contributed by atoms with van der Waals surface area (Å²) in [6.45, 7) is 1.37. The molecule has 0 bridgehead atoms. The van der Waals surface area contributed by atoms with Crippen molar-refractivity contribution in [1.82, 2.24) is 14.5 Å². The Morgan fingerprint density at radius 2 is 2.00 bits per heavy atom. The number of hydrogen-bond acceptors (Lipinski definition) is 3. The third-order valence-electron chi connectivity index (χ3n) is 3.48. The van der Waals surface area contributed by atoms with Gasteiger partial charge in [0, 0.05) is 30.9 Å². The van der Waals surface area contributed by atoms with Crippen molar-refractivity contribution in [3.8, 4) is 5.82 Å². The van der Waals surface area contributed by atoms with Gasteiger partial charge in [-0.05, 0) is 25.0 Å². The monoisotopic (exact) mass is 342 g/mol. The van der Waals surface area contributed by atoms with Gasteiger partial charge in [0.1, 0.15) is 5.82 Å². The Hall–Kier alpha value is -2.16. The zero-order valence-corrected chi connectivity index (χ0v) is 12.8. The fraction of sp³-hybridized carbons (Fsp3) is 0.357. The number of halogens is 3. The molecule has 1 aliphatic heterocycles. The Balaban J connectivity index is 1.90. The van der Waals surface area contributed by atoms with Crippen LogP contribution in [0.4, 0.5) is 18.0 Å². The third kappa shape index (κ3) is 3.44. The highest BCUT2D eigenvalue weighted by Gasteiger charge is 2.30. The lowest BCUT2D eigenvalue weighted by Crippen LogP contribution is -2.27. The highest BCUT2D eigenvalue weighted by molar-refractivity contribution is 7.07. The fourth-order valence-corrected chi connectivity index (χ4v) is 2.99. The largest absolute Gasteiger partial charge is 0.417 e. The Labute approximate surface area is 133 Å². The van der Waals surface area contributed by atoms with E-state index in [1.165, 1.54) is 22.0 Å². The van der Waals surface area contributed by atoms with Gasteiger partial charge in [0.25, 0.3) is 0 Å². The van der Waals surface area contributed by atoms with Crippen LogP contribution in [0.3, 0.4) is 0 Å². The number of urea groups is 1. The van der Waals surface area contributed by atoms with E-state index in [0.717, 1.165) is 25.1 Å². The molecular formula is C14H13F3N4OS. The Morgan fingerprint density at radius 1 is 1.26 bits per heavy atom. The molecule has 1 aliphatic rings. The molecule has 0 spiro atoms. The number of pyridine rings is 1. The number of nitrogens with zero attached hydrogens (tertiary/aromatic N) is 4. The fourth-order valence-electron chi connectivity index (χ4n) is 2.28. The summed E-state index contributed by atoms with van der Waals surface area (Å²) in [5.41, 5.74) is -0.816. The summed E-state index contributed by atoms with van der Waals surface area (Å²) in [7, 11) is 0. The van der Waals surface area contributed by atoms with Gasteiger partial charge in [-0.15, -0.1) is 11.3 Å². The Bertz CT molecular complexity index is 757. The van der Waals surface area contributed by atoms with Crippen molar-refractivity contribution < 1.29 is 18.0 Å². The number of aromatic nitrogens is 2. The molecule has 23 heavy (non-hydrogen) atoms. The lowest BCUT2D eigenvalue weighted by molar-refractivity contribution is -0.137. The van der Waals surface area contributed by atoms with Crippen LogP contribution in [-0.2, 0) is 6.18 Å². The Kier molecular flexibility index (Phi) is 4.20. The molecule has 0 aromatic carbocycles. The normalized spacial score (nSPS) is 16.1. The summed E-state index contributed by atoms with van der Waals surface area (Å²) in [6, 6.07) is 1.89. The number of alkyl halides is 3. The van der Waals surface area contributed by atoms with Gasteiger partial charge in [0.15, 0.2) is 4.80 Å². The standard InChI is InChI=1S/C14H13F3N4OS/c15-14(16,17)10-3-4-11(18-9-10)21-7-8-23-13(21)19-12(22)20-5-1-2-6-20/h3-4,7-9H,1-2,5-6H2/b19-13-. The second-order valence-corrected chi connectivity index (χ2v) is 5.92. The van der Waals surface area contributed by atoms with Gasteiger partial charge in [0.2, 0.25) is 0 Å². The summed E-state index contributed by atoms with van der Waals surface area (Å²) in [4.78, 5) is 22.0. The van der Waals surface area contributed by atoms with Gasteiger partial charge in [-0.1, -0.05) is 0 Å². The molecular weight excluding hydrogens is 329 g/mol. The number of carbonyl (C=O) groups is 1. The van der Waals surface area contributed by atoms with Crippen molar-refractivity contribution in [3.63, 3.8) is 0 Å². The predicted molar refractivity (Wildman–Crippen MR) is 78.2 cm³/mol. The molecule has 5 nitrogen and oxygen atoms in total. The second kappa shape index (κ2) is 6.15. The third-order valence-corrected chi connectivity index (χ3v) is 4.24. The molecule has 1 saturated heterocycles. The van der Waals surface area contributed by atoms with E-state index in [0.29, 0.717) is 17.9 Å². The summed E-state index contributed by atoms with van der Waals surface area (Å²) in [5.74, 6) is 0.284. The van der Waals surface area contributed by atoms with Crippen molar-refractivity contribution in [2.75, 3.05) is 13.1 Å². The van der Waals surface area contributed by atoms with E-state index in [1.807, 2.05) is 0 Å². The minimum Gasteiger partial charge on any atom is -0.323 e.